The summed E-state index contributed by atoms with van der Waals surface area (Å²) < 4.78 is 0.433. The summed E-state index contributed by atoms with van der Waals surface area (Å²) in [4.78, 5) is 0. The maximum atomic E-state index is 4.16. The maximum Gasteiger partial charge on any atom is 0.124 e. The van der Waals surface area contributed by atoms with E-state index in [1.807, 2.05) is 18.3 Å². The van der Waals surface area contributed by atoms with E-state index >= 15 is 0 Å². The fraction of sp³-hybridized carbons (Fsp3) is 0.571. The molecule has 1 atom stereocenters. The van der Waals surface area contributed by atoms with Crippen LogP contribution in [-0.2, 0) is 0 Å². The summed E-state index contributed by atoms with van der Waals surface area (Å²) in [5.41, 5.74) is 2.69. The van der Waals surface area contributed by atoms with Crippen LogP contribution >= 0.6 is 22.6 Å². The zero-order valence-corrected chi connectivity index (χ0v) is 8.58. The van der Waals surface area contributed by atoms with E-state index in [9.17, 15) is 0 Å². The van der Waals surface area contributed by atoms with E-state index < -0.39 is 0 Å². The highest BCUT2D eigenvalue weighted by atomic mass is 127. The topological polar surface area (TPSA) is 15.6 Å². The Morgan fingerprint density at radius 2 is 2.30 bits per heavy atom. The van der Waals surface area contributed by atoms with Crippen molar-refractivity contribution < 1.29 is 0 Å². The van der Waals surface area contributed by atoms with Gasteiger partial charge in [0.05, 0.1) is 6.21 Å². The minimum Gasteiger partial charge on any atom is -0.283 e. The third kappa shape index (κ3) is 1.33. The molecule has 0 radical (unpaired) electrons. The van der Waals surface area contributed by atoms with Crippen molar-refractivity contribution >= 4 is 28.8 Å². The SMILES string of the molecule is CC(C)=C1C=NN(C)C1I. The molecule has 0 amide bonds. The molecule has 1 heterocycles. The molecular weight excluding hydrogens is 239 g/mol. The Kier molecular flexibility index (Phi) is 2.33. The van der Waals surface area contributed by atoms with E-state index in [0.717, 1.165) is 0 Å². The quantitative estimate of drug-likeness (QED) is 0.365. The number of hydrogen-bond acceptors (Lipinski definition) is 2. The third-order valence-electron chi connectivity index (χ3n) is 1.54. The molecule has 2 nitrogen and oxygen atoms in total. The number of allylic oxidation sites excluding steroid dienone is 1. The second kappa shape index (κ2) is 2.90. The molecule has 0 aromatic carbocycles. The van der Waals surface area contributed by atoms with Crippen molar-refractivity contribution in [2.45, 2.75) is 17.9 Å². The number of nitrogens with zero attached hydrogens (tertiary/aromatic N) is 2. The summed E-state index contributed by atoms with van der Waals surface area (Å²) in [6, 6.07) is 0. The van der Waals surface area contributed by atoms with Gasteiger partial charge in [-0.25, -0.2) is 0 Å². The summed E-state index contributed by atoms with van der Waals surface area (Å²) in [6.45, 7) is 4.23. The van der Waals surface area contributed by atoms with Crippen LogP contribution < -0.4 is 0 Å². The van der Waals surface area contributed by atoms with E-state index in [4.69, 9.17) is 0 Å². The number of hydrazone groups is 1. The molecule has 0 aliphatic carbocycles. The van der Waals surface area contributed by atoms with Gasteiger partial charge in [0.25, 0.3) is 0 Å². The van der Waals surface area contributed by atoms with Gasteiger partial charge in [0.2, 0.25) is 0 Å². The van der Waals surface area contributed by atoms with E-state index in [1.54, 1.807) is 0 Å². The Bertz CT molecular complexity index is 192. The first kappa shape index (κ1) is 8.04. The first-order chi connectivity index (χ1) is 4.63. The lowest BCUT2D eigenvalue weighted by Crippen LogP contribution is -2.16. The molecule has 0 saturated carbocycles. The van der Waals surface area contributed by atoms with Gasteiger partial charge in [0.15, 0.2) is 0 Å². The van der Waals surface area contributed by atoms with Gasteiger partial charge in [0, 0.05) is 12.6 Å². The van der Waals surface area contributed by atoms with Gasteiger partial charge in [-0.05, 0) is 13.8 Å². The second-order valence-electron chi connectivity index (χ2n) is 2.61. The van der Waals surface area contributed by atoms with Crippen molar-refractivity contribution in [3.63, 3.8) is 0 Å². The molecule has 56 valence electrons. The lowest BCUT2D eigenvalue weighted by molar-refractivity contribution is 0.395. The molecule has 1 rings (SSSR count). The average Bonchev–Trinajstić information content (AvgIpc) is 2.14. The summed E-state index contributed by atoms with van der Waals surface area (Å²) >= 11 is 2.38. The monoisotopic (exact) mass is 250 g/mol. The van der Waals surface area contributed by atoms with Crippen molar-refractivity contribution in [2.24, 2.45) is 5.10 Å². The highest BCUT2D eigenvalue weighted by Gasteiger charge is 2.19. The van der Waals surface area contributed by atoms with E-state index in [0.29, 0.717) is 4.05 Å². The first-order valence-corrected chi connectivity index (χ1v) is 4.45. The highest BCUT2D eigenvalue weighted by molar-refractivity contribution is 14.1. The molecule has 10 heavy (non-hydrogen) atoms. The molecule has 1 aliphatic heterocycles. The first-order valence-electron chi connectivity index (χ1n) is 3.21. The molecule has 3 heteroatoms. The van der Waals surface area contributed by atoms with Crippen LogP contribution in [0.5, 0.6) is 0 Å². The summed E-state index contributed by atoms with van der Waals surface area (Å²) in [6.07, 6.45) is 1.94. The Morgan fingerprint density at radius 3 is 2.50 bits per heavy atom. The third-order valence-corrected chi connectivity index (χ3v) is 3.02. The van der Waals surface area contributed by atoms with Gasteiger partial charge in [-0.2, -0.15) is 5.10 Å². The van der Waals surface area contributed by atoms with Crippen molar-refractivity contribution in [1.82, 2.24) is 5.01 Å². The lowest BCUT2D eigenvalue weighted by atomic mass is 10.2. The fourth-order valence-corrected chi connectivity index (χ4v) is 1.77. The van der Waals surface area contributed by atoms with Crippen molar-refractivity contribution in [3.05, 3.63) is 11.1 Å². The summed E-state index contributed by atoms with van der Waals surface area (Å²) in [5.74, 6) is 0. The molecule has 1 unspecified atom stereocenters. The molecule has 1 aliphatic rings. The Morgan fingerprint density at radius 1 is 1.70 bits per heavy atom. The molecule has 0 aromatic heterocycles. The number of halogens is 1. The van der Waals surface area contributed by atoms with Crippen molar-refractivity contribution in [1.29, 1.82) is 0 Å². The molecule has 0 saturated heterocycles. The molecule has 0 bridgehead atoms. The van der Waals surface area contributed by atoms with Gasteiger partial charge in [0.1, 0.15) is 4.05 Å². The van der Waals surface area contributed by atoms with Gasteiger partial charge in [-0.3, -0.25) is 5.01 Å². The zero-order chi connectivity index (χ0) is 7.72. The number of rotatable bonds is 0. The van der Waals surface area contributed by atoms with E-state index in [2.05, 4.69) is 41.5 Å². The fourth-order valence-electron chi connectivity index (χ4n) is 0.842. The van der Waals surface area contributed by atoms with Crippen molar-refractivity contribution in [2.75, 3.05) is 7.05 Å². The number of likely N-dealkylation sites (N-methyl/N-ethyl adjacent to an activating group) is 1. The van der Waals surface area contributed by atoms with Crippen LogP contribution in [0.15, 0.2) is 16.2 Å². The van der Waals surface area contributed by atoms with Gasteiger partial charge >= 0.3 is 0 Å². The van der Waals surface area contributed by atoms with Crippen LogP contribution in [0.4, 0.5) is 0 Å². The molecule has 0 N–H and O–H groups in total. The van der Waals surface area contributed by atoms with Gasteiger partial charge < -0.3 is 0 Å². The largest absolute Gasteiger partial charge is 0.283 e. The minimum atomic E-state index is 0.433. The molecule has 0 fully saturated rings. The van der Waals surface area contributed by atoms with Gasteiger partial charge in [-0.15, -0.1) is 0 Å². The smallest absolute Gasteiger partial charge is 0.124 e. The van der Waals surface area contributed by atoms with Gasteiger partial charge in [-0.1, -0.05) is 28.2 Å². The van der Waals surface area contributed by atoms with Crippen molar-refractivity contribution in [3.8, 4) is 0 Å². The standard InChI is InChI=1S/C7H11IN2/c1-5(2)6-4-9-10(3)7(6)8/h4,7H,1-3H3. The Labute approximate surface area is 75.1 Å². The normalized spacial score (nSPS) is 24.2. The predicted molar refractivity (Wildman–Crippen MR) is 52.4 cm³/mol. The van der Waals surface area contributed by atoms with E-state index in [1.165, 1.54) is 11.1 Å². The average molecular weight is 250 g/mol. The molecule has 0 aromatic rings. The summed E-state index contributed by atoms with van der Waals surface area (Å²) in [5, 5.41) is 6.12. The second-order valence-corrected chi connectivity index (χ2v) is 3.79. The minimum absolute atomic E-state index is 0.433. The Balaban J connectivity index is 2.86. The van der Waals surface area contributed by atoms with Crippen LogP contribution in [0.2, 0.25) is 0 Å². The van der Waals surface area contributed by atoms with Crippen LogP contribution in [0.3, 0.4) is 0 Å². The predicted octanol–water partition coefficient (Wildman–Crippen LogP) is 2.02. The van der Waals surface area contributed by atoms with Crippen LogP contribution in [0, 0.1) is 0 Å². The molecular formula is C7H11IN2. The highest BCUT2D eigenvalue weighted by Crippen LogP contribution is 2.23. The number of alkyl halides is 1. The van der Waals surface area contributed by atoms with Crippen LogP contribution in [-0.4, -0.2) is 22.3 Å². The lowest BCUT2D eigenvalue weighted by Gasteiger charge is -2.13. The molecule has 0 spiro atoms. The van der Waals surface area contributed by atoms with E-state index in [-0.39, 0.29) is 0 Å². The zero-order valence-electron chi connectivity index (χ0n) is 6.43. The maximum absolute atomic E-state index is 4.16. The Hall–Kier alpha value is -0.0600. The summed E-state index contributed by atoms with van der Waals surface area (Å²) in [7, 11) is 1.99. The van der Waals surface area contributed by atoms with Crippen LogP contribution in [0.25, 0.3) is 0 Å². The van der Waals surface area contributed by atoms with Crippen LogP contribution in [0.1, 0.15) is 13.8 Å². The number of hydrogen-bond donors (Lipinski definition) is 0.